The number of likely N-dealkylation sites (tertiary alicyclic amines) is 1. The number of carbonyl (C=O) groups is 5. The third-order valence-corrected chi connectivity index (χ3v) is 8.42. The lowest BCUT2D eigenvalue weighted by molar-refractivity contribution is -0.160. The van der Waals surface area contributed by atoms with E-state index < -0.39 is 66.7 Å². The molecule has 18 heteroatoms. The lowest BCUT2D eigenvalue weighted by Gasteiger charge is -2.27. The van der Waals surface area contributed by atoms with Crippen LogP contribution >= 0.6 is 11.3 Å². The summed E-state index contributed by atoms with van der Waals surface area (Å²) in [6.07, 6.45) is -2.24. The minimum atomic E-state index is -3.17. The summed E-state index contributed by atoms with van der Waals surface area (Å²) >= 11 is 1.13. The highest BCUT2D eigenvalue weighted by atomic mass is 32.1. The number of hydrogen-bond acceptors (Lipinski definition) is 11. The molecule has 4 rings (SSSR count). The topological polar surface area (TPSA) is 200 Å². The minimum absolute atomic E-state index is 0.133. The van der Waals surface area contributed by atoms with Crippen LogP contribution in [-0.2, 0) is 28.7 Å². The normalized spacial score (nSPS) is 16.4. The van der Waals surface area contributed by atoms with Crippen LogP contribution in [0.1, 0.15) is 61.0 Å². The van der Waals surface area contributed by atoms with Crippen LogP contribution in [0, 0.1) is 0 Å². The molecule has 1 aliphatic rings. The van der Waals surface area contributed by atoms with Gasteiger partial charge < -0.3 is 45.6 Å². The fourth-order valence-electron chi connectivity index (χ4n) is 5.05. The van der Waals surface area contributed by atoms with E-state index in [4.69, 9.17) is 15.2 Å². The number of nitrogens with zero attached hydrogens (tertiary/aromatic N) is 2. The molecule has 1 saturated heterocycles. The van der Waals surface area contributed by atoms with Gasteiger partial charge in [0.05, 0.1) is 18.7 Å². The van der Waals surface area contributed by atoms with E-state index in [1.165, 1.54) is 12.1 Å². The molecule has 0 aliphatic carbocycles. The van der Waals surface area contributed by atoms with Crippen molar-refractivity contribution in [3.05, 3.63) is 82.0 Å². The molecule has 2 heterocycles. The van der Waals surface area contributed by atoms with Crippen LogP contribution in [-0.4, -0.2) is 84.5 Å². The highest BCUT2D eigenvalue weighted by molar-refractivity contribution is 7.10. The van der Waals surface area contributed by atoms with Crippen LogP contribution in [0.25, 0.3) is 0 Å². The first kappa shape index (κ1) is 40.2. The van der Waals surface area contributed by atoms with Crippen molar-refractivity contribution in [3.8, 4) is 11.5 Å². The molecular weight excluding hydrogens is 718 g/mol. The van der Waals surface area contributed by atoms with Crippen molar-refractivity contribution >= 4 is 47.0 Å². The number of amidine groups is 1. The fourth-order valence-corrected chi connectivity index (χ4v) is 6.00. The third kappa shape index (κ3) is 12.5. The monoisotopic (exact) mass is 758 g/mol. The molecule has 4 amide bonds. The van der Waals surface area contributed by atoms with Crippen LogP contribution in [0.5, 0.6) is 11.5 Å². The van der Waals surface area contributed by atoms with Gasteiger partial charge in [0.15, 0.2) is 5.84 Å². The maximum Gasteiger partial charge on any atom is 0.407 e. The molecule has 1 fully saturated rings. The molecule has 0 radical (unpaired) electrons. The minimum Gasteiger partial charge on any atom is -0.457 e. The van der Waals surface area contributed by atoms with Crippen molar-refractivity contribution in [2.75, 3.05) is 19.6 Å². The Labute approximate surface area is 307 Å². The average molecular weight is 759 g/mol. The quantitative estimate of drug-likeness (QED) is 0.0805. The van der Waals surface area contributed by atoms with Crippen molar-refractivity contribution in [1.82, 2.24) is 20.9 Å². The maximum atomic E-state index is 13.8. The molecule has 1 aromatic heterocycles. The van der Waals surface area contributed by atoms with Crippen LogP contribution in [0.15, 0.2) is 71.2 Å². The van der Waals surface area contributed by atoms with E-state index in [1.807, 2.05) is 18.2 Å². The molecular formula is C35H40F2N6O9S. The molecule has 0 saturated carbocycles. The number of nitrogens with two attached hydrogens (primary N) is 1. The molecule has 1 aliphatic heterocycles. The zero-order valence-electron chi connectivity index (χ0n) is 29.3. The Balaban J connectivity index is 1.47. The molecule has 0 spiro atoms. The molecule has 15 nitrogen and oxygen atoms in total. The van der Waals surface area contributed by atoms with Crippen molar-refractivity contribution in [2.45, 2.75) is 64.5 Å². The summed E-state index contributed by atoms with van der Waals surface area (Å²) in [5.41, 5.74) is 5.68. The van der Waals surface area contributed by atoms with Gasteiger partial charge in [-0.1, -0.05) is 23.4 Å². The van der Waals surface area contributed by atoms with Gasteiger partial charge >= 0.3 is 18.7 Å². The zero-order valence-corrected chi connectivity index (χ0v) is 30.1. The van der Waals surface area contributed by atoms with Gasteiger partial charge in [-0.15, -0.1) is 11.3 Å². The smallest absolute Gasteiger partial charge is 0.407 e. The third-order valence-electron chi connectivity index (χ3n) is 7.37. The Morgan fingerprint density at radius 2 is 1.68 bits per heavy atom. The Morgan fingerprint density at radius 3 is 2.32 bits per heavy atom. The molecule has 3 atom stereocenters. The lowest BCUT2D eigenvalue weighted by atomic mass is 10.1. The summed E-state index contributed by atoms with van der Waals surface area (Å²) in [6, 6.07) is 14.5. The van der Waals surface area contributed by atoms with Crippen molar-refractivity contribution in [3.63, 3.8) is 0 Å². The predicted octanol–water partition coefficient (Wildman–Crippen LogP) is 4.04. The van der Waals surface area contributed by atoms with Crippen molar-refractivity contribution in [2.24, 2.45) is 10.9 Å². The van der Waals surface area contributed by atoms with Gasteiger partial charge in [-0.25, -0.2) is 9.59 Å². The number of carbonyl (C=O) groups excluding carboxylic acids is 5. The van der Waals surface area contributed by atoms with Gasteiger partial charge in [0, 0.05) is 47.8 Å². The number of rotatable bonds is 14. The predicted molar refractivity (Wildman–Crippen MR) is 188 cm³/mol. The average Bonchev–Trinajstić information content (AvgIpc) is 3.76. The van der Waals surface area contributed by atoms with Gasteiger partial charge in [-0.05, 0) is 63.2 Å². The molecule has 5 N–H and O–H groups in total. The Hall–Kier alpha value is -5.62. The number of thiophene rings is 1. The lowest BCUT2D eigenvalue weighted by Crippen LogP contribution is -2.50. The molecule has 3 aromatic rings. The van der Waals surface area contributed by atoms with E-state index >= 15 is 0 Å². The van der Waals surface area contributed by atoms with Crippen LogP contribution < -0.4 is 26.4 Å². The second-order valence-electron chi connectivity index (χ2n) is 12.7. The Kier molecular flexibility index (Phi) is 13.8. The summed E-state index contributed by atoms with van der Waals surface area (Å²) in [5, 5.41) is 13.0. The number of ether oxygens (including phenoxy) is 3. The first-order valence-electron chi connectivity index (χ1n) is 16.3. The van der Waals surface area contributed by atoms with E-state index in [0.717, 1.165) is 23.2 Å². The molecule has 284 valence electrons. The summed E-state index contributed by atoms with van der Waals surface area (Å²) in [7, 11) is 0. The van der Waals surface area contributed by atoms with Crippen LogP contribution in [0.2, 0.25) is 0 Å². The Bertz CT molecular complexity index is 1780. The van der Waals surface area contributed by atoms with Crippen molar-refractivity contribution in [1.29, 1.82) is 0 Å². The molecule has 53 heavy (non-hydrogen) atoms. The van der Waals surface area contributed by atoms with E-state index in [0.29, 0.717) is 21.9 Å². The van der Waals surface area contributed by atoms with E-state index in [2.05, 4.69) is 30.7 Å². The summed E-state index contributed by atoms with van der Waals surface area (Å²) in [5.74, 6) is -1.80. The van der Waals surface area contributed by atoms with E-state index in [-0.39, 0.29) is 30.9 Å². The number of alkyl carbamates (subject to hydrolysis) is 1. The highest BCUT2D eigenvalue weighted by Crippen LogP contribution is 2.27. The van der Waals surface area contributed by atoms with Gasteiger partial charge in [0.25, 0.3) is 5.91 Å². The number of alkyl halides is 2. The number of nitrogens with one attached hydrogen (secondary N) is 3. The second kappa shape index (κ2) is 18.2. The zero-order chi connectivity index (χ0) is 38.7. The van der Waals surface area contributed by atoms with Gasteiger partial charge in [-0.3, -0.25) is 14.4 Å². The number of halogens is 2. The summed E-state index contributed by atoms with van der Waals surface area (Å²) < 4.78 is 42.2. The van der Waals surface area contributed by atoms with Crippen LogP contribution in [0.4, 0.5) is 13.6 Å². The second-order valence-corrected chi connectivity index (χ2v) is 13.6. The SMILES string of the molecule is CC(=O)ON=C(N)c1csc(C(CNC(=O)OC(C)(C)C)NC(=O)[C@@H]2C[C@@H](OC(F)F)CN2C(=O)CNC(=O)c2ccc(Oc3ccccc3)cc2)c1. The van der Waals surface area contributed by atoms with Gasteiger partial charge in [0.2, 0.25) is 11.8 Å². The summed E-state index contributed by atoms with van der Waals surface area (Å²) in [4.78, 5) is 69.9. The Morgan fingerprint density at radius 1 is 1.00 bits per heavy atom. The standard InChI is InChI=1S/C35H40F2N6O9S/c1-20(44)52-42-30(38)22-14-28(53-19-22)26(16-40-34(48)51-35(2,3)4)41-32(47)27-15-25(50-33(36)37)18-43(27)29(45)17-39-31(46)21-10-12-24(13-11-21)49-23-8-6-5-7-9-23/h5-14,19,25-27,33H,15-18H2,1-4H3,(H2,38,42)(H,39,46)(H,40,48)(H,41,47)/t25-,26?,27+/m1/s1. The highest BCUT2D eigenvalue weighted by Gasteiger charge is 2.42. The molecule has 2 aromatic carbocycles. The summed E-state index contributed by atoms with van der Waals surface area (Å²) in [6.45, 7) is 1.91. The number of hydrogen-bond donors (Lipinski definition) is 4. The largest absolute Gasteiger partial charge is 0.457 e. The first-order valence-corrected chi connectivity index (χ1v) is 17.2. The molecule has 1 unspecified atom stereocenters. The first-order chi connectivity index (χ1) is 25.1. The van der Waals surface area contributed by atoms with Crippen molar-refractivity contribution < 1.29 is 51.8 Å². The number of amides is 4. The number of oxime groups is 1. The van der Waals surface area contributed by atoms with Crippen LogP contribution in [0.3, 0.4) is 0 Å². The molecule has 0 bridgehead atoms. The number of benzene rings is 2. The number of para-hydroxylation sites is 1. The van der Waals surface area contributed by atoms with E-state index in [1.54, 1.807) is 56.5 Å². The van der Waals surface area contributed by atoms with Gasteiger partial charge in [-0.2, -0.15) is 8.78 Å². The van der Waals surface area contributed by atoms with Gasteiger partial charge in [0.1, 0.15) is 23.1 Å². The van der Waals surface area contributed by atoms with E-state index in [9.17, 15) is 32.8 Å². The fraction of sp³-hybridized carbons (Fsp3) is 0.371. The maximum absolute atomic E-state index is 13.8.